The Morgan fingerprint density at radius 1 is 1.62 bits per heavy atom. The quantitative estimate of drug-likeness (QED) is 0.786. The summed E-state index contributed by atoms with van der Waals surface area (Å²) in [5, 5.41) is 12.6. The lowest BCUT2D eigenvalue weighted by Crippen LogP contribution is -2.37. The van der Waals surface area contributed by atoms with Gasteiger partial charge in [0.05, 0.1) is 11.8 Å². The molecule has 0 bridgehead atoms. The third kappa shape index (κ3) is 2.21. The summed E-state index contributed by atoms with van der Waals surface area (Å²) in [6, 6.07) is 0.0869. The van der Waals surface area contributed by atoms with E-state index in [1.54, 1.807) is 13.2 Å². The average Bonchev–Trinajstić information content (AvgIpc) is 2.96. The molecule has 86 valence electrons. The summed E-state index contributed by atoms with van der Waals surface area (Å²) in [7, 11) is 1.72. The van der Waals surface area contributed by atoms with Crippen LogP contribution in [0.5, 0.6) is 0 Å². The number of hydrogen-bond acceptors (Lipinski definition) is 3. The Morgan fingerprint density at radius 2 is 2.31 bits per heavy atom. The molecule has 0 radical (unpaired) electrons. The summed E-state index contributed by atoms with van der Waals surface area (Å²) in [5.41, 5.74) is 0.440. The normalized spacial score (nSPS) is 14.8. The number of nitrogens with zero attached hydrogens (tertiary/aromatic N) is 3. The molecule has 1 aromatic heterocycles. The van der Waals surface area contributed by atoms with Crippen molar-refractivity contribution in [2.75, 3.05) is 6.54 Å². The van der Waals surface area contributed by atoms with Crippen molar-refractivity contribution in [2.24, 2.45) is 7.05 Å². The van der Waals surface area contributed by atoms with Crippen LogP contribution in [0, 0.1) is 0 Å². The topological polar surface area (TPSA) is 75.4 Å². The minimum atomic E-state index is -0.982. The molecular weight excluding hydrogens is 210 g/mol. The maximum Gasteiger partial charge on any atom is 0.323 e. The van der Waals surface area contributed by atoms with Crippen molar-refractivity contribution < 1.29 is 14.7 Å². The molecule has 1 aliphatic rings. The van der Waals surface area contributed by atoms with Gasteiger partial charge >= 0.3 is 5.97 Å². The highest BCUT2D eigenvalue weighted by Gasteiger charge is 2.34. The molecule has 1 N–H and O–H groups in total. The molecule has 0 unspecified atom stereocenters. The van der Waals surface area contributed by atoms with E-state index in [1.807, 2.05) is 0 Å². The average molecular weight is 223 g/mol. The van der Waals surface area contributed by atoms with E-state index in [-0.39, 0.29) is 18.5 Å². The molecule has 1 amide bonds. The zero-order chi connectivity index (χ0) is 11.7. The second-order valence-electron chi connectivity index (χ2n) is 3.96. The SMILES string of the molecule is Cn1cc(C(=O)N(CC(=O)O)C2CC2)cn1. The molecule has 1 heterocycles. The number of carbonyl (C=O) groups is 2. The van der Waals surface area contributed by atoms with Gasteiger partial charge in [-0.3, -0.25) is 14.3 Å². The van der Waals surface area contributed by atoms with Gasteiger partial charge in [0.2, 0.25) is 0 Å². The summed E-state index contributed by atoms with van der Waals surface area (Å²) in [5.74, 6) is -1.23. The number of carbonyl (C=O) groups excluding carboxylic acids is 1. The third-order valence-electron chi connectivity index (χ3n) is 2.51. The van der Waals surface area contributed by atoms with Crippen molar-refractivity contribution in [3.8, 4) is 0 Å². The number of hydrogen-bond donors (Lipinski definition) is 1. The number of amides is 1. The molecule has 6 heteroatoms. The highest BCUT2D eigenvalue weighted by molar-refractivity contribution is 5.95. The van der Waals surface area contributed by atoms with Gasteiger partial charge in [-0.1, -0.05) is 0 Å². The number of aryl methyl sites for hydroxylation is 1. The van der Waals surface area contributed by atoms with Crippen molar-refractivity contribution in [2.45, 2.75) is 18.9 Å². The second-order valence-corrected chi connectivity index (χ2v) is 3.96. The standard InChI is InChI=1S/C10H13N3O3/c1-12-5-7(4-11-12)10(16)13(6-9(14)15)8-2-3-8/h4-5,8H,2-3,6H2,1H3,(H,14,15). The van der Waals surface area contributed by atoms with E-state index >= 15 is 0 Å². The lowest BCUT2D eigenvalue weighted by molar-refractivity contribution is -0.137. The van der Waals surface area contributed by atoms with E-state index in [4.69, 9.17) is 5.11 Å². The van der Waals surface area contributed by atoms with Gasteiger partial charge in [-0.15, -0.1) is 0 Å². The number of rotatable bonds is 4. The molecule has 1 aromatic rings. The zero-order valence-electron chi connectivity index (χ0n) is 8.96. The van der Waals surface area contributed by atoms with E-state index in [0.717, 1.165) is 12.8 Å². The molecule has 0 aliphatic heterocycles. The summed E-state index contributed by atoms with van der Waals surface area (Å²) in [6.07, 6.45) is 4.83. The lowest BCUT2D eigenvalue weighted by Gasteiger charge is -2.19. The maximum atomic E-state index is 12.0. The van der Waals surface area contributed by atoms with Crippen LogP contribution in [-0.2, 0) is 11.8 Å². The molecule has 16 heavy (non-hydrogen) atoms. The minimum Gasteiger partial charge on any atom is -0.480 e. The molecule has 1 fully saturated rings. The van der Waals surface area contributed by atoms with Crippen LogP contribution in [0.15, 0.2) is 12.4 Å². The fourth-order valence-corrected chi connectivity index (χ4v) is 1.60. The zero-order valence-corrected chi connectivity index (χ0v) is 8.96. The molecule has 0 atom stereocenters. The second kappa shape index (κ2) is 3.96. The largest absolute Gasteiger partial charge is 0.480 e. The molecule has 0 saturated heterocycles. The van der Waals surface area contributed by atoms with Crippen molar-refractivity contribution >= 4 is 11.9 Å². The van der Waals surface area contributed by atoms with Gasteiger partial charge < -0.3 is 10.0 Å². The number of carboxylic acids is 1. The monoisotopic (exact) mass is 223 g/mol. The fraction of sp³-hybridized carbons (Fsp3) is 0.500. The fourth-order valence-electron chi connectivity index (χ4n) is 1.60. The van der Waals surface area contributed by atoms with E-state index in [2.05, 4.69) is 5.10 Å². The molecule has 0 aromatic carbocycles. The molecule has 2 rings (SSSR count). The predicted molar refractivity (Wildman–Crippen MR) is 54.9 cm³/mol. The predicted octanol–water partition coefficient (Wildman–Crippen LogP) is 0.109. The van der Waals surface area contributed by atoms with Gasteiger partial charge in [0.15, 0.2) is 0 Å². The number of aromatic nitrogens is 2. The van der Waals surface area contributed by atoms with Crippen molar-refractivity contribution in [3.63, 3.8) is 0 Å². The Kier molecular flexibility index (Phi) is 2.64. The molecule has 1 saturated carbocycles. The van der Waals surface area contributed by atoms with Gasteiger partial charge in [0.1, 0.15) is 6.54 Å². The first kappa shape index (κ1) is 10.7. The van der Waals surface area contributed by atoms with Crippen LogP contribution >= 0.6 is 0 Å². The van der Waals surface area contributed by atoms with Crippen LogP contribution in [0.2, 0.25) is 0 Å². The van der Waals surface area contributed by atoms with Crippen LogP contribution in [0.25, 0.3) is 0 Å². The maximum absolute atomic E-state index is 12.0. The van der Waals surface area contributed by atoms with Crippen LogP contribution in [-0.4, -0.2) is 44.3 Å². The van der Waals surface area contributed by atoms with E-state index < -0.39 is 5.97 Å². The van der Waals surface area contributed by atoms with Crippen molar-refractivity contribution in [1.82, 2.24) is 14.7 Å². The van der Waals surface area contributed by atoms with Crippen LogP contribution < -0.4 is 0 Å². The lowest BCUT2D eigenvalue weighted by atomic mass is 10.3. The first-order valence-electron chi connectivity index (χ1n) is 5.09. The number of aliphatic carboxylic acids is 1. The van der Waals surface area contributed by atoms with E-state index in [9.17, 15) is 9.59 Å². The third-order valence-corrected chi connectivity index (χ3v) is 2.51. The van der Waals surface area contributed by atoms with Gasteiger partial charge in [-0.25, -0.2) is 0 Å². The Bertz CT molecular complexity index is 423. The van der Waals surface area contributed by atoms with Crippen LogP contribution in [0.4, 0.5) is 0 Å². The summed E-state index contributed by atoms with van der Waals surface area (Å²) in [6.45, 7) is -0.238. The van der Waals surface area contributed by atoms with Gasteiger partial charge in [-0.2, -0.15) is 5.10 Å². The Labute approximate surface area is 92.5 Å². The number of carboxylic acid groups (broad SMARTS) is 1. The smallest absolute Gasteiger partial charge is 0.323 e. The van der Waals surface area contributed by atoms with Crippen LogP contribution in [0.3, 0.4) is 0 Å². The Morgan fingerprint density at radius 3 is 2.75 bits per heavy atom. The Hall–Kier alpha value is -1.85. The van der Waals surface area contributed by atoms with Gasteiger partial charge in [-0.05, 0) is 12.8 Å². The first-order valence-corrected chi connectivity index (χ1v) is 5.09. The molecule has 1 aliphatic carbocycles. The Balaban J connectivity index is 2.13. The van der Waals surface area contributed by atoms with E-state index in [1.165, 1.54) is 15.8 Å². The van der Waals surface area contributed by atoms with Crippen molar-refractivity contribution in [3.05, 3.63) is 18.0 Å². The van der Waals surface area contributed by atoms with Gasteiger partial charge in [0.25, 0.3) is 5.91 Å². The van der Waals surface area contributed by atoms with Gasteiger partial charge in [0, 0.05) is 19.3 Å². The minimum absolute atomic E-state index is 0.0869. The summed E-state index contributed by atoms with van der Waals surface area (Å²) < 4.78 is 1.53. The highest BCUT2D eigenvalue weighted by atomic mass is 16.4. The highest BCUT2D eigenvalue weighted by Crippen LogP contribution is 2.27. The van der Waals surface area contributed by atoms with Crippen molar-refractivity contribution in [1.29, 1.82) is 0 Å². The van der Waals surface area contributed by atoms with E-state index in [0.29, 0.717) is 5.56 Å². The molecule has 6 nitrogen and oxygen atoms in total. The summed E-state index contributed by atoms with van der Waals surface area (Å²) in [4.78, 5) is 24.1. The summed E-state index contributed by atoms with van der Waals surface area (Å²) >= 11 is 0. The molecule has 0 spiro atoms. The first-order chi connectivity index (χ1) is 7.58. The van der Waals surface area contributed by atoms with Crippen LogP contribution in [0.1, 0.15) is 23.2 Å². The molecular formula is C10H13N3O3.